The molecule has 2 aromatic carbocycles. The van der Waals surface area contributed by atoms with Crippen LogP contribution in [0.1, 0.15) is 5.89 Å². The second-order valence-corrected chi connectivity index (χ2v) is 7.22. The first-order chi connectivity index (χ1) is 15.5. The molecule has 0 amide bonds. The third-order valence-electron chi connectivity index (χ3n) is 4.82. The van der Waals surface area contributed by atoms with E-state index < -0.39 is 5.82 Å². The molecular weight excluding hydrogens is 439 g/mol. The third kappa shape index (κ3) is 3.50. The van der Waals surface area contributed by atoms with Crippen LogP contribution < -0.4 is 10.3 Å². The quantitative estimate of drug-likeness (QED) is 0.402. The number of nitrogens with zero attached hydrogens (tertiary/aromatic N) is 6. The molecule has 5 rings (SSSR count). The zero-order valence-corrected chi connectivity index (χ0v) is 17.3. The summed E-state index contributed by atoms with van der Waals surface area (Å²) in [6.45, 7) is -0.00143. The Balaban J connectivity index is 1.44. The molecule has 3 heterocycles. The summed E-state index contributed by atoms with van der Waals surface area (Å²) in [5, 5.41) is 8.47. The van der Waals surface area contributed by atoms with Gasteiger partial charge in [0.25, 0.3) is 5.56 Å². The fourth-order valence-electron chi connectivity index (χ4n) is 3.19. The molecule has 11 heteroatoms. The topological polar surface area (TPSA) is 101 Å². The number of halogens is 2. The Labute approximate surface area is 184 Å². The first kappa shape index (κ1) is 19.9. The zero-order valence-electron chi connectivity index (χ0n) is 16.6. The minimum absolute atomic E-state index is 0.00131. The van der Waals surface area contributed by atoms with Crippen LogP contribution in [0.15, 0.2) is 64.3 Å². The van der Waals surface area contributed by atoms with Gasteiger partial charge in [-0.05, 0) is 42.5 Å². The van der Waals surface area contributed by atoms with Gasteiger partial charge in [0.1, 0.15) is 29.8 Å². The van der Waals surface area contributed by atoms with Gasteiger partial charge >= 0.3 is 0 Å². The maximum absolute atomic E-state index is 13.7. The van der Waals surface area contributed by atoms with Gasteiger partial charge in [-0.25, -0.2) is 14.1 Å². The zero-order chi connectivity index (χ0) is 22.2. The van der Waals surface area contributed by atoms with E-state index in [2.05, 4.69) is 20.2 Å². The largest absolute Gasteiger partial charge is 0.497 e. The van der Waals surface area contributed by atoms with Crippen LogP contribution in [0.2, 0.25) is 5.02 Å². The van der Waals surface area contributed by atoms with Gasteiger partial charge in [-0.1, -0.05) is 16.8 Å². The molecule has 3 aromatic heterocycles. The Morgan fingerprint density at radius 2 is 2.00 bits per heavy atom. The summed E-state index contributed by atoms with van der Waals surface area (Å²) >= 11 is 5.70. The molecule has 0 spiro atoms. The van der Waals surface area contributed by atoms with Gasteiger partial charge in [-0.15, -0.1) is 0 Å². The summed E-state index contributed by atoms with van der Waals surface area (Å²) in [5.74, 6) is 0.474. The molecule has 0 saturated carbocycles. The fraction of sp³-hybridized carbons (Fsp3) is 0.0952. The minimum atomic E-state index is -0.588. The van der Waals surface area contributed by atoms with Crippen molar-refractivity contribution in [2.24, 2.45) is 0 Å². The Morgan fingerprint density at radius 3 is 2.75 bits per heavy atom. The number of aromatic nitrogens is 6. The van der Waals surface area contributed by atoms with E-state index in [1.54, 1.807) is 30.0 Å². The molecule has 0 saturated heterocycles. The Bertz CT molecular complexity index is 1490. The SMILES string of the molecule is COc1ccc(-n2ncc3c(=O)n(Cc4nc(-c5ccc(Cl)c(F)c5)no4)cnc32)cc1. The van der Waals surface area contributed by atoms with E-state index in [1.165, 1.54) is 29.2 Å². The van der Waals surface area contributed by atoms with Crippen molar-refractivity contribution in [2.75, 3.05) is 7.11 Å². The fourth-order valence-corrected chi connectivity index (χ4v) is 3.31. The highest BCUT2D eigenvalue weighted by atomic mass is 35.5. The van der Waals surface area contributed by atoms with Gasteiger partial charge in [0.15, 0.2) is 5.65 Å². The molecule has 0 unspecified atom stereocenters. The van der Waals surface area contributed by atoms with Crippen LogP contribution in [-0.2, 0) is 6.54 Å². The smallest absolute Gasteiger partial charge is 0.264 e. The molecule has 0 aliphatic heterocycles. The van der Waals surface area contributed by atoms with Crippen LogP contribution >= 0.6 is 11.6 Å². The van der Waals surface area contributed by atoms with Crippen molar-refractivity contribution in [3.8, 4) is 22.8 Å². The van der Waals surface area contributed by atoms with E-state index in [9.17, 15) is 9.18 Å². The lowest BCUT2D eigenvalue weighted by molar-refractivity contribution is 0.369. The van der Waals surface area contributed by atoms with E-state index in [0.29, 0.717) is 22.3 Å². The number of benzene rings is 2. The average Bonchev–Trinajstić information content (AvgIpc) is 3.45. The van der Waals surface area contributed by atoms with Crippen molar-refractivity contribution in [2.45, 2.75) is 6.54 Å². The van der Waals surface area contributed by atoms with Crippen molar-refractivity contribution in [3.05, 3.63) is 82.1 Å². The molecular formula is C21H14ClFN6O3. The molecule has 0 bridgehead atoms. The van der Waals surface area contributed by atoms with Crippen LogP contribution in [0.5, 0.6) is 5.75 Å². The monoisotopic (exact) mass is 452 g/mol. The number of hydrogen-bond donors (Lipinski definition) is 0. The van der Waals surface area contributed by atoms with Crippen LogP contribution in [0.25, 0.3) is 28.1 Å². The molecule has 0 radical (unpaired) electrons. The van der Waals surface area contributed by atoms with Gasteiger partial charge in [0.05, 0.1) is 24.0 Å². The van der Waals surface area contributed by atoms with Crippen molar-refractivity contribution in [1.82, 2.24) is 29.5 Å². The molecule has 160 valence electrons. The lowest BCUT2D eigenvalue weighted by atomic mass is 10.2. The Hall–Kier alpha value is -4.05. The van der Waals surface area contributed by atoms with Crippen LogP contribution in [0, 0.1) is 5.82 Å². The lowest BCUT2D eigenvalue weighted by Gasteiger charge is -2.05. The number of hydrogen-bond acceptors (Lipinski definition) is 7. The van der Waals surface area contributed by atoms with E-state index in [0.717, 1.165) is 5.69 Å². The molecule has 0 aliphatic rings. The second-order valence-electron chi connectivity index (χ2n) is 6.81. The van der Waals surface area contributed by atoms with Crippen molar-refractivity contribution >= 4 is 22.6 Å². The lowest BCUT2D eigenvalue weighted by Crippen LogP contribution is -2.21. The highest BCUT2D eigenvalue weighted by molar-refractivity contribution is 6.30. The summed E-state index contributed by atoms with van der Waals surface area (Å²) in [7, 11) is 1.59. The summed E-state index contributed by atoms with van der Waals surface area (Å²) in [4.78, 5) is 21.5. The normalized spacial score (nSPS) is 11.2. The second kappa shape index (κ2) is 7.89. The van der Waals surface area contributed by atoms with Gasteiger partial charge in [-0.2, -0.15) is 10.1 Å². The molecule has 9 nitrogen and oxygen atoms in total. The van der Waals surface area contributed by atoms with Crippen molar-refractivity contribution in [1.29, 1.82) is 0 Å². The third-order valence-corrected chi connectivity index (χ3v) is 5.13. The first-order valence-electron chi connectivity index (χ1n) is 9.39. The highest BCUT2D eigenvalue weighted by Gasteiger charge is 2.15. The summed E-state index contributed by atoms with van der Waals surface area (Å²) in [5.41, 5.74) is 1.25. The molecule has 0 aliphatic carbocycles. The van der Waals surface area contributed by atoms with Crippen molar-refractivity contribution in [3.63, 3.8) is 0 Å². The highest BCUT2D eigenvalue weighted by Crippen LogP contribution is 2.22. The molecule has 0 atom stereocenters. The van der Waals surface area contributed by atoms with Crippen molar-refractivity contribution < 1.29 is 13.7 Å². The summed E-state index contributed by atoms with van der Waals surface area (Å²) in [6, 6.07) is 11.4. The number of fused-ring (bicyclic) bond motifs is 1. The van der Waals surface area contributed by atoms with Crippen LogP contribution in [0.4, 0.5) is 4.39 Å². The van der Waals surface area contributed by atoms with E-state index >= 15 is 0 Å². The van der Waals surface area contributed by atoms with E-state index in [-0.39, 0.29) is 28.8 Å². The van der Waals surface area contributed by atoms with Gasteiger partial charge in [-0.3, -0.25) is 9.36 Å². The van der Waals surface area contributed by atoms with Crippen LogP contribution in [0.3, 0.4) is 0 Å². The maximum Gasteiger partial charge on any atom is 0.264 e. The predicted octanol–water partition coefficient (Wildman–Crippen LogP) is 3.48. The van der Waals surface area contributed by atoms with E-state index in [4.69, 9.17) is 20.9 Å². The molecule has 5 aromatic rings. The van der Waals surface area contributed by atoms with Crippen LogP contribution in [-0.4, -0.2) is 36.6 Å². The van der Waals surface area contributed by atoms with E-state index in [1.807, 2.05) is 12.1 Å². The molecule has 32 heavy (non-hydrogen) atoms. The Kier molecular flexibility index (Phi) is 4.91. The Morgan fingerprint density at radius 1 is 1.19 bits per heavy atom. The maximum atomic E-state index is 13.7. The molecule has 0 fully saturated rings. The molecule has 0 N–H and O–H groups in total. The minimum Gasteiger partial charge on any atom is -0.497 e. The van der Waals surface area contributed by atoms with Gasteiger partial charge < -0.3 is 9.26 Å². The standard InChI is InChI=1S/C21H14ClFN6O3/c1-31-14-5-3-13(4-6-14)29-20-15(9-25-29)21(30)28(11-24-20)10-18-26-19(27-32-18)12-2-7-16(22)17(23)8-12/h2-9,11H,10H2,1H3. The average molecular weight is 453 g/mol. The number of methoxy groups -OCH3 is 1. The first-order valence-corrected chi connectivity index (χ1v) is 9.77. The number of rotatable bonds is 5. The summed E-state index contributed by atoms with van der Waals surface area (Å²) in [6.07, 6.45) is 2.85. The van der Waals surface area contributed by atoms with Gasteiger partial charge in [0, 0.05) is 5.56 Å². The number of ether oxygens (including phenoxy) is 1. The predicted molar refractivity (Wildman–Crippen MR) is 113 cm³/mol. The van der Waals surface area contributed by atoms with Gasteiger partial charge in [0.2, 0.25) is 11.7 Å². The summed E-state index contributed by atoms with van der Waals surface area (Å²) < 4.78 is 27.0.